The molecule has 0 spiro atoms. The van der Waals surface area contributed by atoms with Gasteiger partial charge in [-0.05, 0) is 43.4 Å². The zero-order valence-electron chi connectivity index (χ0n) is 15.4. The van der Waals surface area contributed by atoms with Crippen LogP contribution in [0.15, 0.2) is 24.3 Å². The molecule has 0 aromatic heterocycles. The third-order valence-corrected chi connectivity index (χ3v) is 3.36. The van der Waals surface area contributed by atoms with Gasteiger partial charge in [0.1, 0.15) is 5.82 Å². The first-order valence-corrected chi connectivity index (χ1v) is 10.2. The minimum Gasteiger partial charge on any atom is -0.465 e. The summed E-state index contributed by atoms with van der Waals surface area (Å²) in [5.74, 6) is -0.231. The molecule has 1 N–H and O–H groups in total. The van der Waals surface area contributed by atoms with Gasteiger partial charge in [0.05, 0.1) is 30.4 Å². The van der Waals surface area contributed by atoms with Gasteiger partial charge in [0.2, 0.25) is 0 Å². The predicted octanol–water partition coefficient (Wildman–Crippen LogP) is 5.17. The number of nitrogens with one attached hydrogen (secondary N) is 1. The Morgan fingerprint density at radius 2 is 2.08 bits per heavy atom. The molecule has 0 aliphatic carbocycles. The van der Waals surface area contributed by atoms with E-state index in [1.54, 1.807) is 0 Å². The molecule has 0 bridgehead atoms. The molecular formula is C18H28F2INO3. The van der Waals surface area contributed by atoms with Crippen LogP contribution >= 0.6 is 22.6 Å². The second-order valence-electron chi connectivity index (χ2n) is 6.53. The summed E-state index contributed by atoms with van der Waals surface area (Å²) >= 11 is 2.15. The highest BCUT2D eigenvalue weighted by Crippen LogP contribution is 2.29. The van der Waals surface area contributed by atoms with Gasteiger partial charge in [0, 0.05) is 5.92 Å². The second kappa shape index (κ2) is 12.4. The van der Waals surface area contributed by atoms with E-state index in [0.29, 0.717) is 19.1 Å². The molecule has 1 aliphatic rings. The Morgan fingerprint density at radius 3 is 2.48 bits per heavy atom. The summed E-state index contributed by atoms with van der Waals surface area (Å²) in [5, 5.41) is 0. The summed E-state index contributed by atoms with van der Waals surface area (Å²) in [6, 6.07) is 5.18. The Hall–Kier alpha value is -0.960. The molecule has 1 aromatic rings. The summed E-state index contributed by atoms with van der Waals surface area (Å²) in [5.41, 5.74) is 1.42. The number of alkyl halides is 1. The van der Waals surface area contributed by atoms with E-state index in [9.17, 15) is 13.7 Å². The van der Waals surface area contributed by atoms with Crippen LogP contribution in [-0.4, -0.2) is 29.7 Å². The lowest BCUT2D eigenvalue weighted by atomic mass is 9.99. The molecule has 2 rings (SSSR count). The summed E-state index contributed by atoms with van der Waals surface area (Å²) in [6.07, 6.45) is 0.971. The standard InChI is InChI=1S/C11H20O3.C6H5F2N.CH3I/c1-8(2)10(12)13-6-9-5-11(3,4)14-7-9;7-5-2-1-3-6(4-5)9-8;1-2/h8-9H,5-7H2,1-4H3;1-4,9H;1H3/t9-;;/m1../s1. The molecule has 0 unspecified atom stereocenters. The highest BCUT2D eigenvalue weighted by Gasteiger charge is 2.32. The molecule has 0 radical (unpaired) electrons. The minimum absolute atomic E-state index is 0.0367. The van der Waals surface area contributed by atoms with Crippen LogP contribution < -0.4 is 5.54 Å². The number of hydrogen-bond acceptors (Lipinski definition) is 4. The topological polar surface area (TPSA) is 47.6 Å². The first-order chi connectivity index (χ1) is 11.7. The summed E-state index contributed by atoms with van der Waals surface area (Å²) < 4.78 is 34.4. The Bertz CT molecular complexity index is 513. The van der Waals surface area contributed by atoms with Gasteiger partial charge in [-0.15, -0.1) is 4.48 Å². The minimum atomic E-state index is -0.447. The molecule has 1 aromatic carbocycles. The van der Waals surface area contributed by atoms with E-state index in [1.165, 1.54) is 23.7 Å². The van der Waals surface area contributed by atoms with E-state index in [2.05, 4.69) is 36.4 Å². The first-order valence-electron chi connectivity index (χ1n) is 8.04. The number of benzene rings is 1. The third kappa shape index (κ3) is 10.6. The predicted molar refractivity (Wildman–Crippen MR) is 105 cm³/mol. The Balaban J connectivity index is 0.000000451. The van der Waals surface area contributed by atoms with Crippen molar-refractivity contribution in [2.75, 3.05) is 23.7 Å². The maximum atomic E-state index is 12.1. The van der Waals surface area contributed by atoms with Crippen LogP contribution in [0.1, 0.15) is 34.1 Å². The molecular weight excluding hydrogens is 443 g/mol. The summed E-state index contributed by atoms with van der Waals surface area (Å²) in [7, 11) is 0. The smallest absolute Gasteiger partial charge is 0.308 e. The zero-order valence-corrected chi connectivity index (χ0v) is 17.6. The number of esters is 1. The van der Waals surface area contributed by atoms with Gasteiger partial charge < -0.3 is 9.47 Å². The van der Waals surface area contributed by atoms with E-state index in [1.807, 2.05) is 18.8 Å². The van der Waals surface area contributed by atoms with Crippen LogP contribution in [0.3, 0.4) is 0 Å². The molecule has 1 heterocycles. The molecule has 4 nitrogen and oxygen atoms in total. The largest absolute Gasteiger partial charge is 0.465 e. The Labute approximate surface area is 162 Å². The zero-order chi connectivity index (χ0) is 19.5. The lowest BCUT2D eigenvalue weighted by Crippen LogP contribution is -2.19. The van der Waals surface area contributed by atoms with Crippen molar-refractivity contribution in [2.24, 2.45) is 11.8 Å². The maximum absolute atomic E-state index is 12.1. The molecule has 1 aliphatic heterocycles. The molecule has 25 heavy (non-hydrogen) atoms. The van der Waals surface area contributed by atoms with Crippen molar-refractivity contribution in [3.63, 3.8) is 0 Å². The molecule has 1 fully saturated rings. The van der Waals surface area contributed by atoms with Crippen LogP contribution in [0.5, 0.6) is 0 Å². The Morgan fingerprint density at radius 1 is 1.44 bits per heavy atom. The molecule has 1 saturated heterocycles. The van der Waals surface area contributed by atoms with Crippen LogP contribution in [0.4, 0.5) is 14.6 Å². The highest BCUT2D eigenvalue weighted by molar-refractivity contribution is 14.1. The second-order valence-corrected chi connectivity index (χ2v) is 6.53. The van der Waals surface area contributed by atoms with Crippen molar-refractivity contribution >= 4 is 34.2 Å². The van der Waals surface area contributed by atoms with E-state index in [0.717, 1.165) is 12.5 Å². The molecule has 144 valence electrons. The van der Waals surface area contributed by atoms with Crippen molar-refractivity contribution in [2.45, 2.75) is 39.7 Å². The fraction of sp³-hybridized carbons (Fsp3) is 0.611. The number of halogens is 3. The molecule has 0 saturated carbocycles. The average molecular weight is 471 g/mol. The number of rotatable bonds is 4. The molecule has 0 amide bonds. The highest BCUT2D eigenvalue weighted by atomic mass is 127. The Kier molecular flexibility index (Phi) is 11.9. The number of anilines is 1. The number of carbonyl (C=O) groups is 1. The molecule has 7 heteroatoms. The molecule has 1 atom stereocenters. The first kappa shape index (κ1) is 24.0. The number of carbonyl (C=O) groups excluding carboxylic acids is 1. The van der Waals surface area contributed by atoms with Crippen LogP contribution in [0.25, 0.3) is 0 Å². The fourth-order valence-electron chi connectivity index (χ4n) is 2.18. The quantitative estimate of drug-likeness (QED) is 0.285. The average Bonchev–Trinajstić information content (AvgIpc) is 2.94. The van der Waals surface area contributed by atoms with Crippen LogP contribution in [0.2, 0.25) is 0 Å². The SMILES string of the molecule is CC(C)C(=O)OC[C@@H]1COC(C)(C)C1.CI.FNc1cccc(F)c1. The van der Waals surface area contributed by atoms with Crippen LogP contribution in [-0.2, 0) is 14.3 Å². The number of hydrogen-bond donors (Lipinski definition) is 1. The number of ether oxygens (including phenoxy) is 2. The van der Waals surface area contributed by atoms with Gasteiger partial charge >= 0.3 is 5.97 Å². The van der Waals surface area contributed by atoms with Crippen molar-refractivity contribution in [3.8, 4) is 0 Å². The van der Waals surface area contributed by atoms with Crippen molar-refractivity contribution in [3.05, 3.63) is 30.1 Å². The van der Waals surface area contributed by atoms with Gasteiger partial charge in [0.25, 0.3) is 0 Å². The van der Waals surface area contributed by atoms with Gasteiger partial charge in [-0.2, -0.15) is 0 Å². The lowest BCUT2D eigenvalue weighted by Gasteiger charge is -2.15. The van der Waals surface area contributed by atoms with E-state index in [-0.39, 0.29) is 23.2 Å². The van der Waals surface area contributed by atoms with E-state index in [4.69, 9.17) is 9.47 Å². The van der Waals surface area contributed by atoms with Gasteiger partial charge in [0.15, 0.2) is 0 Å². The summed E-state index contributed by atoms with van der Waals surface area (Å²) in [4.78, 5) is 13.2. The van der Waals surface area contributed by atoms with Gasteiger partial charge in [-0.1, -0.05) is 42.5 Å². The van der Waals surface area contributed by atoms with Gasteiger partial charge in [-0.3, -0.25) is 4.79 Å². The monoisotopic (exact) mass is 471 g/mol. The fourth-order valence-corrected chi connectivity index (χ4v) is 2.18. The normalized spacial score (nSPS) is 17.7. The maximum Gasteiger partial charge on any atom is 0.308 e. The van der Waals surface area contributed by atoms with Gasteiger partial charge in [-0.25, -0.2) is 9.93 Å². The van der Waals surface area contributed by atoms with Crippen LogP contribution in [0, 0.1) is 17.7 Å². The van der Waals surface area contributed by atoms with Crippen molar-refractivity contribution in [1.82, 2.24) is 0 Å². The van der Waals surface area contributed by atoms with E-state index < -0.39 is 5.82 Å². The lowest BCUT2D eigenvalue weighted by molar-refractivity contribution is -0.148. The van der Waals surface area contributed by atoms with Crippen molar-refractivity contribution < 1.29 is 23.1 Å². The third-order valence-electron chi connectivity index (χ3n) is 3.36. The van der Waals surface area contributed by atoms with E-state index >= 15 is 0 Å². The summed E-state index contributed by atoms with van der Waals surface area (Å²) in [6.45, 7) is 9.03. The van der Waals surface area contributed by atoms with Crippen molar-refractivity contribution in [1.29, 1.82) is 0 Å².